The normalized spacial score (nSPS) is 16.6. The van der Waals surface area contributed by atoms with Gasteiger partial charge in [-0.25, -0.2) is 0 Å². The second-order valence-electron chi connectivity index (χ2n) is 5.19. The van der Waals surface area contributed by atoms with Crippen LogP contribution in [0, 0.1) is 0 Å². The van der Waals surface area contributed by atoms with Crippen molar-refractivity contribution in [3.63, 3.8) is 0 Å². The van der Waals surface area contributed by atoms with Gasteiger partial charge in [-0.1, -0.05) is 19.8 Å². The summed E-state index contributed by atoms with van der Waals surface area (Å²) in [5.74, 6) is 0.516. The Kier molecular flexibility index (Phi) is 9.79. The van der Waals surface area contributed by atoms with E-state index in [0.29, 0.717) is 0 Å². The first kappa shape index (κ1) is 20.3. The van der Waals surface area contributed by atoms with Crippen molar-refractivity contribution >= 4 is 24.8 Å². The Morgan fingerprint density at radius 2 is 1.86 bits per heavy atom. The molecule has 1 aliphatic rings. The van der Waals surface area contributed by atoms with Crippen LogP contribution >= 0.6 is 24.8 Å². The Labute approximate surface area is 139 Å². The van der Waals surface area contributed by atoms with Gasteiger partial charge in [0, 0.05) is 37.8 Å². The van der Waals surface area contributed by atoms with Crippen molar-refractivity contribution in [2.45, 2.75) is 32.2 Å². The number of hydrogen-bond donors (Lipinski definition) is 3. The van der Waals surface area contributed by atoms with Gasteiger partial charge in [0.1, 0.15) is 11.5 Å². The summed E-state index contributed by atoms with van der Waals surface area (Å²) in [7, 11) is 0. The average Bonchev–Trinajstić information content (AvgIpc) is 2.44. The lowest BCUT2D eigenvalue weighted by atomic mass is 9.97. The highest BCUT2D eigenvalue weighted by Gasteiger charge is 2.24. The van der Waals surface area contributed by atoms with E-state index in [-0.39, 0.29) is 42.4 Å². The summed E-state index contributed by atoms with van der Waals surface area (Å²) in [6.07, 6.45) is 3.29. The van der Waals surface area contributed by atoms with Gasteiger partial charge < -0.3 is 15.5 Å². The highest BCUT2D eigenvalue weighted by atomic mass is 35.5. The molecule has 2 rings (SSSR count). The molecule has 1 aliphatic heterocycles. The van der Waals surface area contributed by atoms with E-state index >= 15 is 0 Å². The molecular formula is C15H26Cl2N2O2. The fourth-order valence-electron chi connectivity index (χ4n) is 2.73. The van der Waals surface area contributed by atoms with Crippen molar-refractivity contribution in [2.75, 3.05) is 26.2 Å². The topological polar surface area (TPSA) is 55.7 Å². The van der Waals surface area contributed by atoms with Gasteiger partial charge in [-0.15, -0.1) is 24.8 Å². The van der Waals surface area contributed by atoms with Crippen LogP contribution in [0.15, 0.2) is 18.2 Å². The van der Waals surface area contributed by atoms with Gasteiger partial charge in [0.05, 0.1) is 0 Å². The van der Waals surface area contributed by atoms with E-state index in [1.165, 1.54) is 6.07 Å². The number of halogens is 2. The molecule has 1 fully saturated rings. The van der Waals surface area contributed by atoms with Crippen LogP contribution < -0.4 is 5.32 Å². The third-order valence-corrected chi connectivity index (χ3v) is 3.79. The molecule has 0 spiro atoms. The van der Waals surface area contributed by atoms with Gasteiger partial charge in [0.25, 0.3) is 0 Å². The fraction of sp³-hybridized carbons (Fsp3) is 0.600. The lowest BCUT2D eigenvalue weighted by molar-refractivity contribution is 0.160. The summed E-state index contributed by atoms with van der Waals surface area (Å²) in [5.41, 5.74) is 0.857. The van der Waals surface area contributed by atoms with Crippen LogP contribution in [0.5, 0.6) is 11.5 Å². The van der Waals surface area contributed by atoms with E-state index in [0.717, 1.165) is 51.0 Å². The van der Waals surface area contributed by atoms with Gasteiger partial charge in [-0.2, -0.15) is 0 Å². The minimum atomic E-state index is 0. The average molecular weight is 337 g/mol. The lowest BCUT2D eigenvalue weighted by Gasteiger charge is -2.35. The number of phenolic OH excluding ortho intramolecular Hbond substituents is 2. The van der Waals surface area contributed by atoms with Gasteiger partial charge in [-0.3, -0.25) is 4.90 Å². The molecule has 3 N–H and O–H groups in total. The van der Waals surface area contributed by atoms with E-state index in [1.54, 1.807) is 12.1 Å². The molecule has 122 valence electrons. The van der Waals surface area contributed by atoms with E-state index < -0.39 is 0 Å². The minimum absolute atomic E-state index is 0. The number of hydrogen-bond acceptors (Lipinski definition) is 4. The van der Waals surface area contributed by atoms with E-state index in [4.69, 9.17) is 0 Å². The highest BCUT2D eigenvalue weighted by molar-refractivity contribution is 5.85. The molecule has 6 heteroatoms. The first-order valence-electron chi connectivity index (χ1n) is 7.19. The lowest BCUT2D eigenvalue weighted by Crippen LogP contribution is -2.45. The summed E-state index contributed by atoms with van der Waals surface area (Å²) in [6.45, 7) is 6.13. The molecule has 0 amide bonds. The minimum Gasteiger partial charge on any atom is -0.508 e. The van der Waals surface area contributed by atoms with Crippen LogP contribution in [0.2, 0.25) is 0 Å². The molecule has 21 heavy (non-hydrogen) atoms. The number of phenols is 2. The fourth-order valence-corrected chi connectivity index (χ4v) is 2.73. The van der Waals surface area contributed by atoms with Crippen LogP contribution in [0.25, 0.3) is 0 Å². The molecule has 0 unspecified atom stereocenters. The number of benzene rings is 1. The van der Waals surface area contributed by atoms with E-state index in [2.05, 4.69) is 17.1 Å². The Morgan fingerprint density at radius 1 is 1.19 bits per heavy atom. The zero-order chi connectivity index (χ0) is 13.7. The standard InChI is InChI=1S/C15H24N2O2.2ClH/c1-2-3-4-14(17-9-7-16-8-10-17)13-11-12(18)5-6-15(13)19;;/h5-6,11,14,16,18-19H,2-4,7-10H2,1H3;2*1H/t14-;;/m0../s1. The van der Waals surface area contributed by atoms with E-state index in [1.807, 2.05) is 0 Å². The third kappa shape index (κ3) is 5.55. The summed E-state index contributed by atoms with van der Waals surface area (Å²) in [5, 5.41) is 23.1. The zero-order valence-electron chi connectivity index (χ0n) is 12.4. The van der Waals surface area contributed by atoms with Crippen LogP contribution in [-0.4, -0.2) is 41.3 Å². The van der Waals surface area contributed by atoms with Crippen molar-refractivity contribution < 1.29 is 10.2 Å². The molecule has 1 aromatic rings. The predicted octanol–water partition coefficient (Wildman–Crippen LogP) is 3.08. The monoisotopic (exact) mass is 336 g/mol. The van der Waals surface area contributed by atoms with Crippen LogP contribution in [0.4, 0.5) is 0 Å². The predicted molar refractivity (Wildman–Crippen MR) is 91.0 cm³/mol. The molecule has 1 saturated heterocycles. The van der Waals surface area contributed by atoms with Crippen molar-refractivity contribution in [3.05, 3.63) is 23.8 Å². The van der Waals surface area contributed by atoms with Crippen LogP contribution in [-0.2, 0) is 0 Å². The second kappa shape index (κ2) is 10.1. The Balaban J connectivity index is 0.00000200. The maximum absolute atomic E-state index is 10.1. The Bertz CT molecular complexity index is 413. The zero-order valence-corrected chi connectivity index (χ0v) is 14.1. The maximum Gasteiger partial charge on any atom is 0.120 e. The van der Waals surface area contributed by atoms with Gasteiger partial charge in [-0.05, 0) is 24.6 Å². The highest BCUT2D eigenvalue weighted by Crippen LogP contribution is 2.34. The maximum atomic E-state index is 10.1. The van der Waals surface area contributed by atoms with Gasteiger partial charge >= 0.3 is 0 Å². The molecule has 0 aliphatic carbocycles. The molecule has 0 radical (unpaired) electrons. The summed E-state index contributed by atoms with van der Waals surface area (Å²) >= 11 is 0. The van der Waals surface area contributed by atoms with Crippen molar-refractivity contribution in [3.8, 4) is 11.5 Å². The van der Waals surface area contributed by atoms with E-state index in [9.17, 15) is 10.2 Å². The van der Waals surface area contributed by atoms with Crippen molar-refractivity contribution in [2.24, 2.45) is 0 Å². The molecule has 1 aromatic carbocycles. The van der Waals surface area contributed by atoms with Gasteiger partial charge in [0.15, 0.2) is 0 Å². The molecule has 0 aromatic heterocycles. The number of aromatic hydroxyl groups is 2. The van der Waals surface area contributed by atoms with Crippen LogP contribution in [0.1, 0.15) is 37.8 Å². The smallest absolute Gasteiger partial charge is 0.120 e. The van der Waals surface area contributed by atoms with Crippen molar-refractivity contribution in [1.82, 2.24) is 10.2 Å². The number of unbranched alkanes of at least 4 members (excludes halogenated alkanes) is 1. The molecular weight excluding hydrogens is 311 g/mol. The van der Waals surface area contributed by atoms with Gasteiger partial charge in [0.2, 0.25) is 0 Å². The Morgan fingerprint density at radius 3 is 2.48 bits per heavy atom. The molecule has 1 heterocycles. The summed E-state index contributed by atoms with van der Waals surface area (Å²) < 4.78 is 0. The quantitative estimate of drug-likeness (QED) is 0.723. The van der Waals surface area contributed by atoms with Crippen LogP contribution in [0.3, 0.4) is 0 Å². The molecule has 0 bridgehead atoms. The summed E-state index contributed by atoms with van der Waals surface area (Å²) in [4.78, 5) is 2.40. The number of nitrogens with zero attached hydrogens (tertiary/aromatic N) is 1. The first-order chi connectivity index (χ1) is 9.22. The first-order valence-corrected chi connectivity index (χ1v) is 7.19. The Hall–Kier alpha value is -0.680. The SMILES string of the molecule is CCCC[C@@H](c1cc(O)ccc1O)N1CCNCC1.Cl.Cl. The molecule has 1 atom stereocenters. The van der Waals surface area contributed by atoms with Crippen molar-refractivity contribution in [1.29, 1.82) is 0 Å². The number of nitrogens with one attached hydrogen (secondary N) is 1. The molecule has 4 nitrogen and oxygen atoms in total. The molecule has 0 saturated carbocycles. The number of piperazine rings is 1. The second-order valence-corrected chi connectivity index (χ2v) is 5.19. The summed E-state index contributed by atoms with van der Waals surface area (Å²) in [6, 6.07) is 5.03. The number of rotatable bonds is 5. The largest absolute Gasteiger partial charge is 0.508 e. The third-order valence-electron chi connectivity index (χ3n) is 3.79.